The minimum absolute atomic E-state index is 1.26. The fraction of sp³-hybridized carbons (Fsp3) is 0. The van der Waals surface area contributed by atoms with E-state index in [9.17, 15) is 0 Å². The van der Waals surface area contributed by atoms with Gasteiger partial charge in [0.15, 0.2) is 0 Å². The second-order valence-electron chi connectivity index (χ2n) is 12.1. The molecule has 0 unspecified atom stereocenters. The zero-order valence-electron chi connectivity index (χ0n) is 24.0. The van der Waals surface area contributed by atoms with Gasteiger partial charge >= 0.3 is 0 Å². The summed E-state index contributed by atoms with van der Waals surface area (Å²) in [4.78, 5) is 0. The number of rotatable bonds is 2. The third-order valence-electron chi connectivity index (χ3n) is 9.73. The molecule has 0 aliphatic heterocycles. The molecule has 0 N–H and O–H groups in total. The van der Waals surface area contributed by atoms with Gasteiger partial charge in [0.25, 0.3) is 0 Å². The van der Waals surface area contributed by atoms with Crippen LogP contribution < -0.4 is 0 Å². The summed E-state index contributed by atoms with van der Waals surface area (Å²) >= 11 is 0. The van der Waals surface area contributed by atoms with E-state index in [0.717, 1.165) is 0 Å². The van der Waals surface area contributed by atoms with Crippen LogP contribution in [-0.2, 0) is 0 Å². The highest BCUT2D eigenvalue weighted by atomic mass is 14.2. The van der Waals surface area contributed by atoms with Crippen LogP contribution in [0.15, 0.2) is 158 Å². The third kappa shape index (κ3) is 3.34. The molecule has 0 atom stereocenters. The van der Waals surface area contributed by atoms with Gasteiger partial charge in [-0.05, 0) is 122 Å². The van der Waals surface area contributed by atoms with Crippen molar-refractivity contribution in [3.8, 4) is 22.3 Å². The van der Waals surface area contributed by atoms with Gasteiger partial charge in [-0.3, -0.25) is 0 Å². The van der Waals surface area contributed by atoms with Crippen LogP contribution in [0.25, 0.3) is 97.7 Å². The van der Waals surface area contributed by atoms with Gasteiger partial charge in [0.1, 0.15) is 0 Å². The molecule has 0 spiro atoms. The molecule has 0 amide bonds. The van der Waals surface area contributed by atoms with Gasteiger partial charge in [-0.1, -0.05) is 133 Å². The maximum atomic E-state index is 2.38. The summed E-state index contributed by atoms with van der Waals surface area (Å²) in [7, 11) is 0. The average molecular weight is 555 g/mol. The van der Waals surface area contributed by atoms with E-state index in [2.05, 4.69) is 158 Å². The van der Waals surface area contributed by atoms with Crippen LogP contribution in [0.4, 0.5) is 0 Å². The molecule has 0 aliphatic carbocycles. The highest BCUT2D eigenvalue weighted by Gasteiger charge is 2.15. The molecule has 0 radical (unpaired) electrons. The minimum Gasteiger partial charge on any atom is -0.0616 e. The monoisotopic (exact) mass is 554 g/mol. The summed E-state index contributed by atoms with van der Waals surface area (Å²) < 4.78 is 0. The SMILES string of the molecule is c1ccc2c(c1)ccc1c(-c3cc4ccc5cc(-c6cccc7c6ccc6ccccc67)cc6ccc(c3)c4c56)cccc12. The smallest absolute Gasteiger partial charge is 0.00264 e. The molecule has 0 heterocycles. The maximum Gasteiger partial charge on any atom is -0.00264 e. The fourth-order valence-corrected chi connectivity index (χ4v) is 7.73. The molecule has 0 heteroatoms. The van der Waals surface area contributed by atoms with Crippen molar-refractivity contribution in [3.05, 3.63) is 158 Å². The Labute approximate surface area is 254 Å². The van der Waals surface area contributed by atoms with Gasteiger partial charge in [0, 0.05) is 0 Å². The molecule has 0 bridgehead atoms. The Morgan fingerprint density at radius 3 is 1.02 bits per heavy atom. The topological polar surface area (TPSA) is 0 Å². The van der Waals surface area contributed by atoms with Crippen molar-refractivity contribution in [2.45, 2.75) is 0 Å². The van der Waals surface area contributed by atoms with Crippen LogP contribution >= 0.6 is 0 Å². The Hall–Kier alpha value is -5.72. The first-order valence-electron chi connectivity index (χ1n) is 15.3. The third-order valence-corrected chi connectivity index (χ3v) is 9.73. The van der Waals surface area contributed by atoms with Crippen molar-refractivity contribution in [1.82, 2.24) is 0 Å². The molecule has 10 rings (SSSR count). The van der Waals surface area contributed by atoms with Crippen molar-refractivity contribution in [1.29, 1.82) is 0 Å². The highest BCUT2D eigenvalue weighted by Crippen LogP contribution is 2.42. The first kappa shape index (κ1) is 23.8. The lowest BCUT2D eigenvalue weighted by Crippen LogP contribution is -1.89. The lowest BCUT2D eigenvalue weighted by Gasteiger charge is -2.16. The molecule has 0 fully saturated rings. The minimum atomic E-state index is 1.26. The van der Waals surface area contributed by atoms with E-state index < -0.39 is 0 Å². The summed E-state index contributed by atoms with van der Waals surface area (Å²) in [6.45, 7) is 0. The Bertz CT molecular complexity index is 2500. The molecule has 0 saturated heterocycles. The molecule has 0 nitrogen and oxygen atoms in total. The first-order chi connectivity index (χ1) is 21.8. The lowest BCUT2D eigenvalue weighted by molar-refractivity contribution is 1.69. The highest BCUT2D eigenvalue weighted by molar-refractivity contribution is 6.25. The number of hydrogen-bond donors (Lipinski definition) is 0. The summed E-state index contributed by atoms with van der Waals surface area (Å²) in [6.07, 6.45) is 0. The number of benzene rings is 10. The van der Waals surface area contributed by atoms with Crippen molar-refractivity contribution in [2.24, 2.45) is 0 Å². The normalized spacial score (nSPS) is 12.1. The molecular weight excluding hydrogens is 528 g/mol. The Morgan fingerprint density at radius 1 is 0.227 bits per heavy atom. The van der Waals surface area contributed by atoms with Crippen LogP contribution in [-0.4, -0.2) is 0 Å². The van der Waals surface area contributed by atoms with Crippen LogP contribution in [0.1, 0.15) is 0 Å². The summed E-state index contributed by atoms with van der Waals surface area (Å²) in [5.41, 5.74) is 5.09. The van der Waals surface area contributed by atoms with Crippen LogP contribution in [0.2, 0.25) is 0 Å². The second kappa shape index (κ2) is 8.89. The maximum absolute atomic E-state index is 2.38. The van der Waals surface area contributed by atoms with Gasteiger partial charge in [-0.25, -0.2) is 0 Å². The zero-order chi connectivity index (χ0) is 28.8. The second-order valence-corrected chi connectivity index (χ2v) is 12.1. The quantitative estimate of drug-likeness (QED) is 0.186. The van der Waals surface area contributed by atoms with Crippen LogP contribution in [0.3, 0.4) is 0 Å². The first-order valence-corrected chi connectivity index (χ1v) is 15.3. The van der Waals surface area contributed by atoms with E-state index in [0.29, 0.717) is 0 Å². The predicted octanol–water partition coefficient (Wildman–Crippen LogP) is 12.5. The lowest BCUT2D eigenvalue weighted by atomic mass is 9.87. The summed E-state index contributed by atoms with van der Waals surface area (Å²) in [5, 5.41) is 18.2. The molecule has 202 valence electrons. The van der Waals surface area contributed by atoms with E-state index in [1.165, 1.54) is 97.7 Å². The van der Waals surface area contributed by atoms with E-state index in [1.807, 2.05) is 0 Å². The van der Waals surface area contributed by atoms with Gasteiger partial charge in [-0.15, -0.1) is 0 Å². The van der Waals surface area contributed by atoms with Crippen LogP contribution in [0.5, 0.6) is 0 Å². The Kier molecular flexibility index (Phi) is 4.81. The Morgan fingerprint density at radius 2 is 0.591 bits per heavy atom. The van der Waals surface area contributed by atoms with E-state index in [4.69, 9.17) is 0 Å². The number of fused-ring (bicyclic) bond motifs is 6. The largest absolute Gasteiger partial charge is 0.0616 e. The Balaban J connectivity index is 1.18. The average Bonchev–Trinajstić information content (AvgIpc) is 3.09. The molecule has 10 aromatic rings. The molecule has 0 aliphatic rings. The molecule has 0 aromatic heterocycles. The molecule has 44 heavy (non-hydrogen) atoms. The van der Waals surface area contributed by atoms with Crippen molar-refractivity contribution < 1.29 is 0 Å². The predicted molar refractivity (Wildman–Crippen MR) is 191 cm³/mol. The van der Waals surface area contributed by atoms with E-state index >= 15 is 0 Å². The van der Waals surface area contributed by atoms with Crippen molar-refractivity contribution in [3.63, 3.8) is 0 Å². The van der Waals surface area contributed by atoms with Gasteiger partial charge in [0.05, 0.1) is 0 Å². The summed E-state index contributed by atoms with van der Waals surface area (Å²) in [6, 6.07) is 58.7. The van der Waals surface area contributed by atoms with Gasteiger partial charge in [0.2, 0.25) is 0 Å². The standard InChI is InChI=1S/C44H26/c1-3-9-35-27(7-1)19-21-41-37(11-5-13-39(35)41)33-23-29-15-17-31-25-34(26-32-18-16-30(24-33)43(29)44(31)32)38-12-6-14-40-36-10-4-2-8-28(36)20-22-42(38)40/h1-26H. The van der Waals surface area contributed by atoms with E-state index in [1.54, 1.807) is 0 Å². The molecule has 10 aromatic carbocycles. The molecule has 0 saturated carbocycles. The van der Waals surface area contributed by atoms with Gasteiger partial charge < -0.3 is 0 Å². The summed E-state index contributed by atoms with van der Waals surface area (Å²) in [5.74, 6) is 0. The molecular formula is C44H26. The van der Waals surface area contributed by atoms with Crippen LogP contribution in [0, 0.1) is 0 Å². The van der Waals surface area contributed by atoms with Crippen molar-refractivity contribution in [2.75, 3.05) is 0 Å². The fourth-order valence-electron chi connectivity index (χ4n) is 7.73. The van der Waals surface area contributed by atoms with Gasteiger partial charge in [-0.2, -0.15) is 0 Å². The van der Waals surface area contributed by atoms with E-state index in [-0.39, 0.29) is 0 Å². The zero-order valence-corrected chi connectivity index (χ0v) is 24.0. The van der Waals surface area contributed by atoms with Crippen molar-refractivity contribution >= 4 is 75.4 Å². The number of hydrogen-bond acceptors (Lipinski definition) is 0.